The van der Waals surface area contributed by atoms with E-state index in [2.05, 4.69) is 4.31 Å². The van der Waals surface area contributed by atoms with Gasteiger partial charge in [0.15, 0.2) is 0 Å². The van der Waals surface area contributed by atoms with Gasteiger partial charge in [0.1, 0.15) is 0 Å². The SMILES string of the molecule is O=P(O)(O)O.O=P(O)(O)OP(=O)(O)O.[H-].[H-].[H-].[Na+].[Na+].[Na+]. The van der Waals surface area contributed by atoms with Gasteiger partial charge in [0.05, 0.1) is 0 Å². The molecule has 0 heterocycles. The summed E-state index contributed by atoms with van der Waals surface area (Å²) >= 11 is 0. The molecule has 0 saturated carbocycles. The van der Waals surface area contributed by atoms with Gasteiger partial charge in [0.2, 0.25) is 0 Å². The zero-order valence-corrected chi connectivity index (χ0v) is 17.8. The van der Waals surface area contributed by atoms with Crippen molar-refractivity contribution in [1.82, 2.24) is 0 Å². The molecule has 0 fully saturated rings. The van der Waals surface area contributed by atoms with Crippen molar-refractivity contribution in [1.29, 1.82) is 0 Å². The Hall–Kier alpha value is 3.37. The topological polar surface area (TPSA) is 202 Å². The van der Waals surface area contributed by atoms with Gasteiger partial charge in [-0.2, -0.15) is 4.31 Å². The van der Waals surface area contributed by atoms with E-state index in [1.54, 1.807) is 0 Å². The van der Waals surface area contributed by atoms with Crippen LogP contribution in [0.1, 0.15) is 4.28 Å². The molecule has 0 rings (SSSR count). The Morgan fingerprint density at radius 1 is 0.647 bits per heavy atom. The van der Waals surface area contributed by atoms with Gasteiger partial charge in [0, 0.05) is 0 Å². The summed E-state index contributed by atoms with van der Waals surface area (Å²) in [6, 6.07) is 0. The van der Waals surface area contributed by atoms with Gasteiger partial charge in [-0.3, -0.25) is 0 Å². The minimum absolute atomic E-state index is 0. The first-order chi connectivity index (χ1) is 5.71. The molecule has 0 aromatic heterocycles. The maximum Gasteiger partial charge on any atom is 1.00 e. The number of phosphoric acid groups is 3. The Kier molecular flexibility index (Phi) is 24.9. The molecule has 0 saturated heterocycles. The zero-order valence-electron chi connectivity index (χ0n) is 12.1. The Morgan fingerprint density at radius 2 is 0.765 bits per heavy atom. The molecule has 0 unspecified atom stereocenters. The first kappa shape index (κ1) is 32.4. The third-order valence-electron chi connectivity index (χ3n) is 0.213. The van der Waals surface area contributed by atoms with Crippen LogP contribution in [-0.2, 0) is 18.0 Å². The first-order valence-corrected chi connectivity index (χ1v) is 6.94. The van der Waals surface area contributed by atoms with Crippen LogP contribution < -0.4 is 88.7 Å². The molecule has 0 aromatic rings. The monoisotopic (exact) mass is 348 g/mol. The summed E-state index contributed by atoms with van der Waals surface area (Å²) in [5.74, 6) is 0. The molecule has 17 heavy (non-hydrogen) atoms. The second-order valence-corrected chi connectivity index (χ2v) is 5.22. The maximum absolute atomic E-state index is 9.63. The van der Waals surface area contributed by atoms with E-state index in [0.717, 1.165) is 0 Å². The predicted octanol–water partition coefficient (Wildman–Crippen LogP) is -10.4. The summed E-state index contributed by atoms with van der Waals surface area (Å²) in [6.45, 7) is 0. The van der Waals surface area contributed by atoms with E-state index in [1.165, 1.54) is 0 Å². The van der Waals surface area contributed by atoms with Crippen molar-refractivity contribution >= 4 is 23.5 Å². The Labute approximate surface area is 166 Å². The van der Waals surface area contributed by atoms with E-state index in [1.807, 2.05) is 0 Å². The van der Waals surface area contributed by atoms with Crippen LogP contribution >= 0.6 is 23.5 Å². The van der Waals surface area contributed by atoms with E-state index < -0.39 is 23.5 Å². The summed E-state index contributed by atoms with van der Waals surface area (Å²) in [5.41, 5.74) is 0. The molecular weight excluding hydrogens is 338 g/mol. The van der Waals surface area contributed by atoms with Crippen LogP contribution in [0.3, 0.4) is 0 Å². The number of hydrogen-bond acceptors (Lipinski definition) is 4. The minimum Gasteiger partial charge on any atom is -1.00 e. The van der Waals surface area contributed by atoms with Crippen molar-refractivity contribution in [3.8, 4) is 0 Å². The van der Waals surface area contributed by atoms with E-state index >= 15 is 0 Å². The summed E-state index contributed by atoms with van der Waals surface area (Å²) in [7, 11) is -14.7. The molecular formula is H10Na3O11P3. The number of hydrogen-bond donors (Lipinski definition) is 7. The van der Waals surface area contributed by atoms with Crippen LogP contribution in [0.2, 0.25) is 0 Å². The molecule has 0 amide bonds. The molecule has 0 spiro atoms. The quantitative estimate of drug-likeness (QED) is 0.184. The van der Waals surface area contributed by atoms with Crippen molar-refractivity contribution in [2.75, 3.05) is 0 Å². The number of rotatable bonds is 2. The third kappa shape index (κ3) is 66.6. The van der Waals surface area contributed by atoms with Crippen LogP contribution in [-0.4, -0.2) is 34.3 Å². The molecule has 0 aliphatic heterocycles. The van der Waals surface area contributed by atoms with Gasteiger partial charge in [-0.15, -0.1) is 0 Å². The van der Waals surface area contributed by atoms with Gasteiger partial charge in [0.25, 0.3) is 0 Å². The predicted molar refractivity (Wildman–Crippen MR) is 42.8 cm³/mol. The van der Waals surface area contributed by atoms with Gasteiger partial charge >= 0.3 is 112 Å². The molecule has 7 N–H and O–H groups in total. The molecule has 0 aromatic carbocycles. The summed E-state index contributed by atoms with van der Waals surface area (Å²) < 4.78 is 31.1. The molecule has 94 valence electrons. The molecule has 0 bridgehead atoms. The Balaban J connectivity index is -0.0000000199. The van der Waals surface area contributed by atoms with Gasteiger partial charge in [-0.1, -0.05) is 0 Å². The van der Waals surface area contributed by atoms with Crippen molar-refractivity contribution in [3.05, 3.63) is 0 Å². The fraction of sp³-hybridized carbons (Fsp3) is 0. The molecule has 0 atom stereocenters. The summed E-state index contributed by atoms with van der Waals surface area (Å²) in [6.07, 6.45) is 0. The van der Waals surface area contributed by atoms with Crippen LogP contribution in [0.4, 0.5) is 0 Å². The fourth-order valence-electron chi connectivity index (χ4n) is 0.139. The smallest absolute Gasteiger partial charge is 1.00 e. The maximum atomic E-state index is 9.63. The van der Waals surface area contributed by atoms with Crippen molar-refractivity contribution in [2.24, 2.45) is 0 Å². The second-order valence-electron chi connectivity index (χ2n) is 1.58. The molecule has 0 aliphatic carbocycles. The second kappa shape index (κ2) is 13.1. The molecule has 0 radical (unpaired) electrons. The van der Waals surface area contributed by atoms with Crippen LogP contribution in [0.5, 0.6) is 0 Å². The zero-order chi connectivity index (χ0) is 12.2. The Bertz CT molecular complexity index is 277. The van der Waals surface area contributed by atoms with Crippen LogP contribution in [0.15, 0.2) is 0 Å². The third-order valence-corrected chi connectivity index (χ3v) is 1.91. The normalized spacial score (nSPS) is 10.8. The first-order valence-electron chi connectivity index (χ1n) is 2.31. The van der Waals surface area contributed by atoms with E-state index in [9.17, 15) is 9.13 Å². The van der Waals surface area contributed by atoms with Gasteiger partial charge in [-0.25, -0.2) is 13.7 Å². The van der Waals surface area contributed by atoms with Crippen molar-refractivity contribution in [3.63, 3.8) is 0 Å². The summed E-state index contributed by atoms with van der Waals surface area (Å²) in [4.78, 5) is 52.6. The average molecular weight is 348 g/mol. The fourth-order valence-corrected chi connectivity index (χ4v) is 1.25. The van der Waals surface area contributed by atoms with Gasteiger partial charge < -0.3 is 38.5 Å². The van der Waals surface area contributed by atoms with Crippen molar-refractivity contribution < 1.29 is 145 Å². The van der Waals surface area contributed by atoms with E-state index in [4.69, 9.17) is 38.8 Å². The van der Waals surface area contributed by atoms with E-state index in [-0.39, 0.29) is 93.0 Å². The summed E-state index contributed by atoms with van der Waals surface area (Å²) in [5, 5.41) is 0. The minimum atomic E-state index is -5.05. The van der Waals surface area contributed by atoms with E-state index in [0.29, 0.717) is 0 Å². The van der Waals surface area contributed by atoms with Crippen LogP contribution in [0, 0.1) is 0 Å². The standard InChI is InChI=1S/3Na.H4O7P2.H3O4P.3H/c;;;1-8(2,3)7-9(4,5)6;1-5(2,3)4;;;/h;;;(H2,1,2,3)(H2,4,5,6);(H3,1,2,3,4);;;/q3*+1;;;3*-1. The average Bonchev–Trinajstić information content (AvgIpc) is 1.42. The largest absolute Gasteiger partial charge is 1.00 e. The molecule has 17 heteroatoms. The molecule has 0 aliphatic rings. The molecule has 11 nitrogen and oxygen atoms in total. The van der Waals surface area contributed by atoms with Gasteiger partial charge in [-0.05, 0) is 0 Å². The Morgan fingerprint density at radius 3 is 0.765 bits per heavy atom. The van der Waals surface area contributed by atoms with Crippen LogP contribution in [0.25, 0.3) is 0 Å². The van der Waals surface area contributed by atoms with Crippen molar-refractivity contribution in [2.45, 2.75) is 0 Å².